The van der Waals surface area contributed by atoms with Crippen LogP contribution in [0, 0.1) is 12.8 Å². The molecule has 0 aliphatic heterocycles. The Hall–Kier alpha value is -1.02. The fourth-order valence-electron chi connectivity index (χ4n) is 2.41. The van der Waals surface area contributed by atoms with E-state index in [-0.39, 0.29) is 0 Å². The van der Waals surface area contributed by atoms with Gasteiger partial charge in [0.1, 0.15) is 5.75 Å². The number of hydrogen-bond acceptors (Lipinski definition) is 2. The van der Waals surface area contributed by atoms with Gasteiger partial charge in [0.05, 0.1) is 7.11 Å². The molecule has 0 aliphatic rings. The fourth-order valence-corrected chi connectivity index (χ4v) is 2.41. The Morgan fingerprint density at radius 1 is 1.21 bits per heavy atom. The molecule has 0 heterocycles. The molecule has 1 N–H and O–H groups in total. The van der Waals surface area contributed by atoms with Crippen LogP contribution in [-0.4, -0.2) is 19.7 Å². The van der Waals surface area contributed by atoms with Gasteiger partial charge in [0.15, 0.2) is 0 Å². The second kappa shape index (κ2) is 7.54. The van der Waals surface area contributed by atoms with E-state index >= 15 is 0 Å². The van der Waals surface area contributed by atoms with Gasteiger partial charge in [-0.15, -0.1) is 0 Å². The predicted molar refractivity (Wildman–Crippen MR) is 83.1 cm³/mol. The molecule has 1 aromatic rings. The summed E-state index contributed by atoms with van der Waals surface area (Å²) >= 11 is 0. The molecule has 19 heavy (non-hydrogen) atoms. The summed E-state index contributed by atoms with van der Waals surface area (Å²) in [6.07, 6.45) is 1.18. The van der Waals surface area contributed by atoms with E-state index in [0.717, 1.165) is 12.3 Å². The molecule has 0 spiro atoms. The summed E-state index contributed by atoms with van der Waals surface area (Å²) in [7, 11) is 1.76. The molecule has 2 unspecified atom stereocenters. The van der Waals surface area contributed by atoms with Gasteiger partial charge in [-0.05, 0) is 24.5 Å². The minimum absolute atomic E-state index is 0.502. The van der Waals surface area contributed by atoms with Crippen molar-refractivity contribution in [1.82, 2.24) is 5.32 Å². The Bertz CT molecular complexity index is 387. The van der Waals surface area contributed by atoms with Crippen molar-refractivity contribution in [1.29, 1.82) is 0 Å². The van der Waals surface area contributed by atoms with Crippen LogP contribution in [0.2, 0.25) is 0 Å². The third-order valence-electron chi connectivity index (χ3n) is 3.86. The zero-order valence-corrected chi connectivity index (χ0v) is 13.3. The fraction of sp³-hybridized carbons (Fsp3) is 0.647. The molecule has 0 fully saturated rings. The first kappa shape index (κ1) is 16.0. The van der Waals surface area contributed by atoms with Crippen LogP contribution in [0.1, 0.15) is 51.2 Å². The molecule has 1 rings (SSSR count). The lowest BCUT2D eigenvalue weighted by Gasteiger charge is -2.27. The quantitative estimate of drug-likeness (QED) is 0.798. The van der Waals surface area contributed by atoms with Crippen molar-refractivity contribution >= 4 is 0 Å². The molecule has 0 saturated heterocycles. The van der Waals surface area contributed by atoms with E-state index in [1.807, 2.05) is 0 Å². The van der Waals surface area contributed by atoms with Crippen LogP contribution < -0.4 is 10.1 Å². The number of rotatable bonds is 7. The highest BCUT2D eigenvalue weighted by Gasteiger charge is 2.21. The van der Waals surface area contributed by atoms with Crippen LogP contribution in [0.3, 0.4) is 0 Å². The molecule has 0 amide bonds. The first-order chi connectivity index (χ1) is 8.99. The third kappa shape index (κ3) is 4.54. The van der Waals surface area contributed by atoms with Gasteiger partial charge in [-0.25, -0.2) is 0 Å². The third-order valence-corrected chi connectivity index (χ3v) is 3.86. The summed E-state index contributed by atoms with van der Waals surface area (Å²) in [5, 5.41) is 3.57. The Kier molecular flexibility index (Phi) is 6.36. The van der Waals surface area contributed by atoms with E-state index in [0.29, 0.717) is 17.9 Å². The lowest BCUT2D eigenvalue weighted by atomic mass is 9.84. The Morgan fingerprint density at radius 2 is 1.89 bits per heavy atom. The van der Waals surface area contributed by atoms with E-state index in [4.69, 9.17) is 4.74 Å². The largest absolute Gasteiger partial charge is 0.496 e. The lowest BCUT2D eigenvalue weighted by Crippen LogP contribution is -2.30. The molecule has 2 heteroatoms. The normalized spacial score (nSPS) is 14.5. The van der Waals surface area contributed by atoms with E-state index in [9.17, 15) is 0 Å². The van der Waals surface area contributed by atoms with Crippen molar-refractivity contribution in [2.45, 2.75) is 53.0 Å². The predicted octanol–water partition coefficient (Wildman–Crippen LogP) is 4.13. The Labute approximate surface area is 118 Å². The van der Waals surface area contributed by atoms with Crippen LogP contribution in [0.5, 0.6) is 5.75 Å². The lowest BCUT2D eigenvalue weighted by molar-refractivity contribution is 0.371. The second-order valence-corrected chi connectivity index (χ2v) is 5.80. The highest BCUT2D eigenvalue weighted by atomic mass is 16.5. The second-order valence-electron chi connectivity index (χ2n) is 5.80. The van der Waals surface area contributed by atoms with Gasteiger partial charge >= 0.3 is 0 Å². The summed E-state index contributed by atoms with van der Waals surface area (Å²) in [5.41, 5.74) is 2.64. The molecule has 108 valence electrons. The van der Waals surface area contributed by atoms with Crippen molar-refractivity contribution < 1.29 is 4.74 Å². The molecular formula is C17H29NO. The van der Waals surface area contributed by atoms with Gasteiger partial charge in [-0.3, -0.25) is 0 Å². The standard InChI is InChI=1S/C17H29NO/c1-7-14(5)16(11-18-12(2)3)15-10-13(4)8-9-17(15)19-6/h8-10,12,14,16,18H,7,11H2,1-6H3. The van der Waals surface area contributed by atoms with Crippen molar-refractivity contribution in [2.24, 2.45) is 5.92 Å². The van der Waals surface area contributed by atoms with Crippen LogP contribution in [0.4, 0.5) is 0 Å². The van der Waals surface area contributed by atoms with Crippen LogP contribution in [-0.2, 0) is 0 Å². The van der Waals surface area contributed by atoms with Crippen LogP contribution in [0.15, 0.2) is 18.2 Å². The number of benzene rings is 1. The molecule has 0 radical (unpaired) electrons. The number of ether oxygens (including phenoxy) is 1. The minimum atomic E-state index is 0.502. The van der Waals surface area contributed by atoms with E-state index in [2.05, 4.69) is 58.1 Å². The summed E-state index contributed by atoms with van der Waals surface area (Å²) < 4.78 is 5.55. The van der Waals surface area contributed by atoms with E-state index in [1.54, 1.807) is 7.11 Å². The maximum absolute atomic E-state index is 5.55. The highest BCUT2D eigenvalue weighted by Crippen LogP contribution is 2.33. The molecule has 0 aliphatic carbocycles. The summed E-state index contributed by atoms with van der Waals surface area (Å²) in [6, 6.07) is 7.00. The average molecular weight is 263 g/mol. The molecule has 0 aromatic heterocycles. The van der Waals surface area contributed by atoms with Crippen molar-refractivity contribution in [3.63, 3.8) is 0 Å². The average Bonchev–Trinajstić information content (AvgIpc) is 2.38. The number of aryl methyl sites for hydroxylation is 1. The zero-order valence-electron chi connectivity index (χ0n) is 13.3. The van der Waals surface area contributed by atoms with Gasteiger partial charge in [0.2, 0.25) is 0 Å². The first-order valence-electron chi connectivity index (χ1n) is 7.37. The number of hydrogen-bond donors (Lipinski definition) is 1. The SMILES string of the molecule is CCC(C)C(CNC(C)C)c1cc(C)ccc1OC. The monoisotopic (exact) mass is 263 g/mol. The van der Waals surface area contributed by atoms with Crippen LogP contribution in [0.25, 0.3) is 0 Å². The van der Waals surface area contributed by atoms with E-state index < -0.39 is 0 Å². The zero-order chi connectivity index (χ0) is 14.4. The molecule has 0 bridgehead atoms. The van der Waals surface area contributed by atoms with E-state index in [1.165, 1.54) is 17.5 Å². The smallest absolute Gasteiger partial charge is 0.122 e. The van der Waals surface area contributed by atoms with Gasteiger partial charge in [0.25, 0.3) is 0 Å². The maximum atomic E-state index is 5.55. The van der Waals surface area contributed by atoms with Gasteiger partial charge in [0, 0.05) is 18.5 Å². The molecular weight excluding hydrogens is 234 g/mol. The van der Waals surface area contributed by atoms with Crippen molar-refractivity contribution in [3.05, 3.63) is 29.3 Å². The molecule has 2 nitrogen and oxygen atoms in total. The first-order valence-corrected chi connectivity index (χ1v) is 7.37. The number of nitrogens with one attached hydrogen (secondary N) is 1. The summed E-state index contributed by atoms with van der Waals surface area (Å²) in [6.45, 7) is 12.1. The maximum Gasteiger partial charge on any atom is 0.122 e. The molecule has 2 atom stereocenters. The highest BCUT2D eigenvalue weighted by molar-refractivity contribution is 5.40. The summed E-state index contributed by atoms with van der Waals surface area (Å²) in [5.74, 6) is 2.16. The number of methoxy groups -OCH3 is 1. The van der Waals surface area contributed by atoms with Gasteiger partial charge in [-0.2, -0.15) is 0 Å². The van der Waals surface area contributed by atoms with Gasteiger partial charge < -0.3 is 10.1 Å². The van der Waals surface area contributed by atoms with Crippen LogP contribution >= 0.6 is 0 Å². The van der Waals surface area contributed by atoms with Crippen molar-refractivity contribution in [3.8, 4) is 5.75 Å². The Morgan fingerprint density at radius 3 is 2.42 bits per heavy atom. The topological polar surface area (TPSA) is 21.3 Å². The van der Waals surface area contributed by atoms with Gasteiger partial charge in [-0.1, -0.05) is 51.8 Å². The molecule has 0 saturated carbocycles. The van der Waals surface area contributed by atoms with Crippen molar-refractivity contribution in [2.75, 3.05) is 13.7 Å². The molecule has 1 aromatic carbocycles. The minimum Gasteiger partial charge on any atom is -0.496 e. The Balaban J connectivity index is 3.04. The summed E-state index contributed by atoms with van der Waals surface area (Å²) in [4.78, 5) is 0.